The molecule has 20 heavy (non-hydrogen) atoms. The summed E-state index contributed by atoms with van der Waals surface area (Å²) in [6, 6.07) is 5.79. The van der Waals surface area contributed by atoms with E-state index in [0.717, 1.165) is 18.7 Å². The average Bonchev–Trinajstić information content (AvgIpc) is 2.73. The highest BCUT2D eigenvalue weighted by Crippen LogP contribution is 2.28. The molecule has 1 N–H and O–H groups in total. The molecule has 0 aliphatic heterocycles. The lowest BCUT2D eigenvalue weighted by atomic mass is 10.0. The van der Waals surface area contributed by atoms with Crippen LogP contribution in [0.2, 0.25) is 0 Å². The molecule has 0 bridgehead atoms. The molecule has 1 fully saturated rings. The summed E-state index contributed by atoms with van der Waals surface area (Å²) in [5.41, 5.74) is 2.25. The molecule has 1 aliphatic carbocycles. The number of halogens is 1. The van der Waals surface area contributed by atoms with Gasteiger partial charge in [0.15, 0.2) is 0 Å². The summed E-state index contributed by atoms with van der Waals surface area (Å²) in [6.07, 6.45) is 7.87. The fraction of sp³-hybridized carbons (Fsp3) is 0.647. The summed E-state index contributed by atoms with van der Waals surface area (Å²) in [5.74, 6) is -0.143. The number of hydrogen-bond donors (Lipinski definition) is 1. The van der Waals surface area contributed by atoms with Crippen molar-refractivity contribution < 1.29 is 4.39 Å². The van der Waals surface area contributed by atoms with Gasteiger partial charge in [0, 0.05) is 25.3 Å². The lowest BCUT2D eigenvalue weighted by Crippen LogP contribution is -2.32. The van der Waals surface area contributed by atoms with Gasteiger partial charge in [-0.2, -0.15) is 0 Å². The maximum atomic E-state index is 13.5. The van der Waals surface area contributed by atoms with Gasteiger partial charge in [-0.05, 0) is 43.1 Å². The molecule has 2 nitrogen and oxygen atoms in total. The van der Waals surface area contributed by atoms with Crippen LogP contribution in [0.5, 0.6) is 0 Å². The summed E-state index contributed by atoms with van der Waals surface area (Å²) in [4.78, 5) is 2.37. The van der Waals surface area contributed by atoms with Gasteiger partial charge in [0.1, 0.15) is 5.82 Å². The minimum Gasteiger partial charge on any atom is -0.371 e. The van der Waals surface area contributed by atoms with Crippen molar-refractivity contribution in [3.05, 3.63) is 29.6 Å². The molecular formula is C17H27FN2. The van der Waals surface area contributed by atoms with Crippen molar-refractivity contribution in [2.75, 3.05) is 18.5 Å². The van der Waals surface area contributed by atoms with Gasteiger partial charge in [-0.15, -0.1) is 0 Å². The highest BCUT2D eigenvalue weighted by atomic mass is 19.1. The maximum absolute atomic E-state index is 13.5. The van der Waals surface area contributed by atoms with Crippen molar-refractivity contribution in [2.24, 2.45) is 0 Å². The van der Waals surface area contributed by atoms with E-state index in [-0.39, 0.29) is 5.82 Å². The van der Waals surface area contributed by atoms with Crippen LogP contribution in [0.1, 0.15) is 51.0 Å². The monoisotopic (exact) mass is 278 g/mol. The summed E-state index contributed by atoms with van der Waals surface area (Å²) in [6.45, 7) is 3.72. The van der Waals surface area contributed by atoms with Crippen molar-refractivity contribution in [1.82, 2.24) is 5.32 Å². The molecule has 0 unspecified atom stereocenters. The summed E-state index contributed by atoms with van der Waals surface area (Å²) < 4.78 is 13.5. The number of rotatable bonds is 5. The lowest BCUT2D eigenvalue weighted by molar-refractivity contribution is 0.549. The Morgan fingerprint density at radius 3 is 2.55 bits per heavy atom. The fourth-order valence-electron chi connectivity index (χ4n) is 3.14. The normalized spacial score (nSPS) is 16.9. The van der Waals surface area contributed by atoms with Gasteiger partial charge in [-0.25, -0.2) is 4.39 Å². The minimum atomic E-state index is -0.143. The van der Waals surface area contributed by atoms with E-state index < -0.39 is 0 Å². The van der Waals surface area contributed by atoms with Crippen LogP contribution in [-0.4, -0.2) is 19.6 Å². The molecule has 0 aromatic heterocycles. The quantitative estimate of drug-likeness (QED) is 0.816. The van der Waals surface area contributed by atoms with E-state index in [1.54, 1.807) is 12.1 Å². The molecule has 2 rings (SSSR count). The number of nitrogens with one attached hydrogen (secondary N) is 1. The van der Waals surface area contributed by atoms with Gasteiger partial charge in [-0.3, -0.25) is 0 Å². The van der Waals surface area contributed by atoms with Crippen molar-refractivity contribution in [3.8, 4) is 0 Å². The van der Waals surface area contributed by atoms with Gasteiger partial charge in [0.2, 0.25) is 0 Å². The van der Waals surface area contributed by atoms with E-state index in [1.807, 2.05) is 6.07 Å². The molecule has 3 heteroatoms. The number of hydrogen-bond acceptors (Lipinski definition) is 2. The van der Waals surface area contributed by atoms with Crippen LogP contribution < -0.4 is 10.2 Å². The standard InChI is InChI=1S/C17H27FN2/c1-3-19-13-14-12-15(18)10-11-17(14)20(2)16-8-6-4-5-7-9-16/h10-12,16,19H,3-9,13H2,1-2H3. The molecule has 0 amide bonds. The third-order valence-electron chi connectivity index (χ3n) is 4.36. The predicted octanol–water partition coefficient (Wildman–Crippen LogP) is 4.09. The van der Waals surface area contributed by atoms with Crippen LogP contribution in [0.15, 0.2) is 18.2 Å². The first kappa shape index (κ1) is 15.3. The van der Waals surface area contributed by atoms with Crippen LogP contribution in [0.3, 0.4) is 0 Å². The largest absolute Gasteiger partial charge is 0.371 e. The minimum absolute atomic E-state index is 0.143. The zero-order valence-corrected chi connectivity index (χ0v) is 12.8. The van der Waals surface area contributed by atoms with Crippen LogP contribution in [0.4, 0.5) is 10.1 Å². The fourth-order valence-corrected chi connectivity index (χ4v) is 3.14. The highest BCUT2D eigenvalue weighted by Gasteiger charge is 2.19. The van der Waals surface area contributed by atoms with Crippen LogP contribution in [0, 0.1) is 5.82 Å². The molecule has 0 atom stereocenters. The molecule has 0 radical (unpaired) electrons. The van der Waals surface area contributed by atoms with Gasteiger partial charge in [-0.1, -0.05) is 32.6 Å². The van der Waals surface area contributed by atoms with Gasteiger partial charge in [0.05, 0.1) is 0 Å². The first-order chi connectivity index (χ1) is 9.72. The zero-order chi connectivity index (χ0) is 14.4. The van der Waals surface area contributed by atoms with E-state index in [4.69, 9.17) is 0 Å². The van der Waals surface area contributed by atoms with Crippen molar-refractivity contribution in [1.29, 1.82) is 0 Å². The molecule has 1 aromatic rings. The Labute approximate surface area is 122 Å². The SMILES string of the molecule is CCNCc1cc(F)ccc1N(C)C1CCCCCC1. The second-order valence-corrected chi connectivity index (χ2v) is 5.81. The zero-order valence-electron chi connectivity index (χ0n) is 12.8. The molecule has 112 valence electrons. The summed E-state index contributed by atoms with van der Waals surface area (Å²) >= 11 is 0. The second-order valence-electron chi connectivity index (χ2n) is 5.81. The topological polar surface area (TPSA) is 15.3 Å². The number of anilines is 1. The van der Waals surface area contributed by atoms with E-state index >= 15 is 0 Å². The third-order valence-corrected chi connectivity index (χ3v) is 4.36. The lowest BCUT2D eigenvalue weighted by Gasteiger charge is -2.31. The summed E-state index contributed by atoms with van der Waals surface area (Å²) in [5, 5.41) is 3.31. The first-order valence-electron chi connectivity index (χ1n) is 7.94. The molecule has 1 aliphatic rings. The number of benzene rings is 1. The Balaban J connectivity index is 2.16. The maximum Gasteiger partial charge on any atom is 0.123 e. The van der Waals surface area contributed by atoms with E-state index in [1.165, 1.54) is 44.2 Å². The first-order valence-corrected chi connectivity index (χ1v) is 7.94. The Morgan fingerprint density at radius 1 is 1.20 bits per heavy atom. The molecular weight excluding hydrogens is 251 g/mol. The predicted molar refractivity (Wildman–Crippen MR) is 83.7 cm³/mol. The van der Waals surface area contributed by atoms with Crippen LogP contribution in [-0.2, 0) is 6.54 Å². The second kappa shape index (κ2) is 7.63. The smallest absolute Gasteiger partial charge is 0.123 e. The Hall–Kier alpha value is -1.09. The van der Waals surface area contributed by atoms with Crippen molar-refractivity contribution in [3.63, 3.8) is 0 Å². The Kier molecular flexibility index (Phi) is 5.84. The Bertz CT molecular complexity index is 411. The average molecular weight is 278 g/mol. The van der Waals surface area contributed by atoms with Crippen molar-refractivity contribution in [2.45, 2.75) is 58.0 Å². The van der Waals surface area contributed by atoms with E-state index in [9.17, 15) is 4.39 Å². The Morgan fingerprint density at radius 2 is 1.90 bits per heavy atom. The van der Waals surface area contributed by atoms with E-state index in [2.05, 4.69) is 24.2 Å². The van der Waals surface area contributed by atoms with Crippen molar-refractivity contribution >= 4 is 5.69 Å². The summed E-state index contributed by atoms with van der Waals surface area (Å²) in [7, 11) is 2.17. The molecule has 0 heterocycles. The highest BCUT2D eigenvalue weighted by molar-refractivity contribution is 5.54. The van der Waals surface area contributed by atoms with E-state index in [0.29, 0.717) is 6.04 Å². The molecule has 0 saturated heterocycles. The van der Waals surface area contributed by atoms with Gasteiger partial charge in [0.25, 0.3) is 0 Å². The molecule has 1 saturated carbocycles. The number of nitrogens with zero attached hydrogens (tertiary/aromatic N) is 1. The molecule has 1 aromatic carbocycles. The van der Waals surface area contributed by atoms with Crippen LogP contribution in [0.25, 0.3) is 0 Å². The van der Waals surface area contributed by atoms with Gasteiger partial charge < -0.3 is 10.2 Å². The molecule has 0 spiro atoms. The third kappa shape index (κ3) is 3.95. The van der Waals surface area contributed by atoms with Crippen LogP contribution >= 0.6 is 0 Å². The van der Waals surface area contributed by atoms with Gasteiger partial charge >= 0.3 is 0 Å².